The fraction of sp³-hybridized carbons (Fsp3) is 0.406. The second kappa shape index (κ2) is 44.9. The number of carbonyl (C=O) groups excluding carboxylic acids is 3. The van der Waals surface area contributed by atoms with Crippen LogP contribution >= 0.6 is 34.0 Å². The van der Waals surface area contributed by atoms with Crippen LogP contribution in [0.15, 0.2) is 163 Å². The van der Waals surface area contributed by atoms with Crippen molar-refractivity contribution in [2.45, 2.75) is 245 Å². The third-order valence-corrected chi connectivity index (χ3v) is 25.0. The molecule has 0 spiro atoms. The van der Waals surface area contributed by atoms with Gasteiger partial charge in [-0.3, -0.25) is 29.3 Å². The molecular weight excluding hydrogens is 2230 g/mol. The molecular formula is C101H113F11Ir3N3O6S3-3. The summed E-state index contributed by atoms with van der Waals surface area (Å²) in [4.78, 5) is 48.9. The molecule has 6 aromatic carbocycles. The molecule has 0 bridgehead atoms. The summed E-state index contributed by atoms with van der Waals surface area (Å²) in [6, 6.07) is 47.1. The number of halogens is 11. The molecule has 9 nitrogen and oxygen atoms in total. The molecule has 0 atom stereocenters. The Labute approximate surface area is 792 Å². The van der Waals surface area contributed by atoms with Crippen LogP contribution in [-0.2, 0) is 110 Å². The first-order valence-electron chi connectivity index (χ1n) is 40.9. The van der Waals surface area contributed by atoms with E-state index in [1.54, 1.807) is 39.4 Å². The van der Waals surface area contributed by atoms with Crippen molar-refractivity contribution in [3.63, 3.8) is 0 Å². The van der Waals surface area contributed by atoms with Crippen LogP contribution in [0.5, 0.6) is 0 Å². The largest absolute Gasteiger partial charge is 0.512 e. The summed E-state index contributed by atoms with van der Waals surface area (Å²) in [5.41, 5.74) is 8.74. The smallest absolute Gasteiger partial charge is 0.389 e. The van der Waals surface area contributed by atoms with E-state index in [0.29, 0.717) is 6.92 Å². The van der Waals surface area contributed by atoms with Crippen molar-refractivity contribution in [3.8, 4) is 33.8 Å². The van der Waals surface area contributed by atoms with Crippen molar-refractivity contribution in [1.29, 1.82) is 0 Å². The molecule has 26 heteroatoms. The van der Waals surface area contributed by atoms with Crippen LogP contribution in [0.4, 0.5) is 48.3 Å². The maximum Gasteiger partial charge on any atom is 0.389 e. The number of hydrogen-bond donors (Lipinski definition) is 3. The summed E-state index contributed by atoms with van der Waals surface area (Å²) in [6.07, 6.45) is -6.27. The van der Waals surface area contributed by atoms with Crippen LogP contribution < -0.4 is 0 Å². The molecule has 0 amide bonds. The molecule has 0 aliphatic carbocycles. The van der Waals surface area contributed by atoms with Gasteiger partial charge in [0.1, 0.15) is 5.76 Å². The predicted octanol–water partition coefficient (Wildman–Crippen LogP) is 31.1. The molecule has 12 rings (SSSR count). The summed E-state index contributed by atoms with van der Waals surface area (Å²) in [7, 11) is 0. The second-order valence-electron chi connectivity index (χ2n) is 36.4. The minimum atomic E-state index is -4.16. The fourth-order valence-corrected chi connectivity index (χ4v) is 17.0. The van der Waals surface area contributed by atoms with Gasteiger partial charge < -0.3 is 15.3 Å². The van der Waals surface area contributed by atoms with Crippen LogP contribution in [0.25, 0.3) is 96.3 Å². The Morgan fingerprint density at radius 3 is 0.913 bits per heavy atom. The molecule has 0 saturated carbocycles. The van der Waals surface area contributed by atoms with Gasteiger partial charge in [-0.05, 0) is 135 Å². The molecule has 127 heavy (non-hydrogen) atoms. The number of ketones is 3. The van der Waals surface area contributed by atoms with Gasteiger partial charge in [-0.15, -0.1) is 121 Å². The first-order valence-corrected chi connectivity index (χ1v) is 43.3. The maximum atomic E-state index is 13.2. The monoisotopic (exact) mass is 2350 g/mol. The summed E-state index contributed by atoms with van der Waals surface area (Å²) in [6.45, 7) is 43.6. The molecule has 0 fully saturated rings. The Kier molecular flexibility index (Phi) is 39.4. The van der Waals surface area contributed by atoms with E-state index in [4.69, 9.17) is 5.11 Å². The van der Waals surface area contributed by atoms with Crippen molar-refractivity contribution in [1.82, 2.24) is 15.0 Å². The standard InChI is InChI=1S/3C25H23F3NS.C12H20F2O2.C9H16O2.C5H8O2.3Ir/c3*1-15-18-10-12-29-22(23(18)30-21(15)9-11-25(26,27)28)17-13-16-7-5-6-8-19(16)20(14-17)24(2,3)4;1-10(2,3)8(15)7-9(16)11(4,5)12(6,13)14;1-6(2)8(10)5-9(11)7(3)4;1-4(6)3-5(2)7;;;/h3*5-8,10,12,14H,9,11H2,1-4H3;7,15H,1-6H3;5-7,10H,1-4H3;3,6H,1-2H3;;;/q3*-1;;;;;;. The molecule has 6 heterocycles. The van der Waals surface area contributed by atoms with Crippen LogP contribution in [0.1, 0.15) is 213 Å². The molecule has 693 valence electrons. The molecule has 3 N–H and O–H groups in total. The Hall–Kier alpha value is -7.76. The number of aromatic nitrogens is 3. The Bertz CT molecular complexity index is 5450. The van der Waals surface area contributed by atoms with E-state index in [1.807, 2.05) is 121 Å². The molecule has 0 saturated heterocycles. The minimum Gasteiger partial charge on any atom is -0.512 e. The average Bonchev–Trinajstić information content (AvgIpc) is 1.70. The fourth-order valence-electron chi connectivity index (χ4n) is 13.1. The number of nitrogens with zero attached hydrogens (tertiary/aromatic N) is 3. The number of allylic oxidation sites excluding steroid dienone is 6. The number of aryl methyl sites for hydroxylation is 6. The normalized spacial score (nSPS) is 12.7. The first kappa shape index (κ1) is 112. The number of carbonyl (C=O) groups is 3. The second-order valence-corrected chi connectivity index (χ2v) is 39.7. The van der Waals surface area contributed by atoms with Gasteiger partial charge in [0.05, 0.1) is 16.9 Å². The van der Waals surface area contributed by atoms with E-state index >= 15 is 0 Å². The molecule has 0 unspecified atom stereocenters. The topological polar surface area (TPSA) is 151 Å². The molecule has 0 aliphatic rings. The van der Waals surface area contributed by atoms with E-state index in [1.165, 1.54) is 90.5 Å². The van der Waals surface area contributed by atoms with E-state index in [0.717, 1.165) is 134 Å². The van der Waals surface area contributed by atoms with E-state index in [9.17, 15) is 72.9 Å². The zero-order valence-electron chi connectivity index (χ0n) is 76.0. The zero-order valence-corrected chi connectivity index (χ0v) is 85.7. The number of thiophene rings is 3. The molecule has 0 aliphatic heterocycles. The number of pyridine rings is 3. The number of alkyl halides is 11. The predicted molar refractivity (Wildman–Crippen MR) is 490 cm³/mol. The van der Waals surface area contributed by atoms with Crippen LogP contribution in [0.2, 0.25) is 0 Å². The number of fused-ring (bicyclic) bond motifs is 6. The minimum absolute atomic E-state index is 0. The first-order chi connectivity index (χ1) is 57.0. The molecule has 6 aromatic heterocycles. The van der Waals surface area contributed by atoms with Gasteiger partial charge in [-0.1, -0.05) is 198 Å². The number of aliphatic hydroxyl groups excluding tert-OH is 3. The van der Waals surface area contributed by atoms with Crippen molar-refractivity contribution in [2.24, 2.45) is 22.7 Å². The number of hydrogen-bond acceptors (Lipinski definition) is 12. The SMILES string of the molecule is CC(=O)C=C(C)O.CC(C)(C)C(O)=CC(=O)C(C)(C)C(C)(F)F.CC(C)C(=O)C=C(O)C(C)C.Cc1c(CCC(F)(F)F)sc2c(-c3[c-]c4ccccc4c(C(C)(C)C)c3)nccc12.Cc1c(CCC(F)(F)F)sc2c(-c3[c-]c4ccccc4c(C(C)(C)C)c3)nccc12.Cc1c(CCC(F)(F)F)sc2c(-c3[c-]c4ccccc4c(C(C)(C)C)c3)nccc12.[Ir].[Ir].[Ir]. The summed E-state index contributed by atoms with van der Waals surface area (Å²) in [5.74, 6) is -3.98. The van der Waals surface area contributed by atoms with Gasteiger partial charge in [0, 0.05) is 186 Å². The van der Waals surface area contributed by atoms with Crippen molar-refractivity contribution >= 4 is 114 Å². The molecule has 12 aromatic rings. The van der Waals surface area contributed by atoms with Gasteiger partial charge in [0.15, 0.2) is 17.3 Å². The number of benzene rings is 6. The van der Waals surface area contributed by atoms with Crippen LogP contribution in [-0.4, -0.2) is 72.1 Å². The van der Waals surface area contributed by atoms with Gasteiger partial charge in [0.25, 0.3) is 5.92 Å². The van der Waals surface area contributed by atoms with Crippen LogP contribution in [0.3, 0.4) is 0 Å². The van der Waals surface area contributed by atoms with E-state index in [-0.39, 0.29) is 137 Å². The third-order valence-electron chi connectivity index (χ3n) is 20.9. The Balaban J connectivity index is 0.000000336. The number of aliphatic hydroxyl groups is 3. The van der Waals surface area contributed by atoms with Crippen LogP contribution in [0, 0.1) is 61.6 Å². The van der Waals surface area contributed by atoms with E-state index in [2.05, 4.69) is 132 Å². The Morgan fingerprint density at radius 1 is 0.409 bits per heavy atom. The summed E-state index contributed by atoms with van der Waals surface area (Å²) in [5, 5.41) is 36.6. The van der Waals surface area contributed by atoms with Crippen molar-refractivity contribution < 1.29 is 138 Å². The van der Waals surface area contributed by atoms with Crippen molar-refractivity contribution in [3.05, 3.63) is 230 Å². The van der Waals surface area contributed by atoms with Crippen molar-refractivity contribution in [2.75, 3.05) is 0 Å². The van der Waals surface area contributed by atoms with Gasteiger partial charge in [0.2, 0.25) is 0 Å². The number of rotatable bonds is 16. The Morgan fingerprint density at radius 2 is 0.693 bits per heavy atom. The molecule has 3 radical (unpaired) electrons. The third kappa shape index (κ3) is 30.7. The van der Waals surface area contributed by atoms with E-state index < -0.39 is 60.3 Å². The zero-order chi connectivity index (χ0) is 93.3. The summed E-state index contributed by atoms with van der Waals surface area (Å²) < 4.78 is 144. The summed E-state index contributed by atoms with van der Waals surface area (Å²) >= 11 is 4.27. The quantitative estimate of drug-likeness (QED) is 0.0372. The average molecular weight is 2350 g/mol. The van der Waals surface area contributed by atoms with Gasteiger partial charge >= 0.3 is 18.5 Å². The maximum absolute atomic E-state index is 13.2. The van der Waals surface area contributed by atoms with Gasteiger partial charge in [-0.25, -0.2) is 8.78 Å². The van der Waals surface area contributed by atoms with Gasteiger partial charge in [-0.2, -0.15) is 39.5 Å².